The lowest BCUT2D eigenvalue weighted by atomic mass is 9.78. The van der Waals surface area contributed by atoms with Crippen LogP contribution in [0.2, 0.25) is 0 Å². The summed E-state index contributed by atoms with van der Waals surface area (Å²) in [6.07, 6.45) is 3.74. The Morgan fingerprint density at radius 2 is 2.10 bits per heavy atom. The molecule has 20 heavy (non-hydrogen) atoms. The minimum Gasteiger partial charge on any atom is -0.508 e. The van der Waals surface area contributed by atoms with Crippen LogP contribution in [-0.2, 0) is 11.2 Å². The highest BCUT2D eigenvalue weighted by Gasteiger charge is 2.40. The van der Waals surface area contributed by atoms with Crippen LogP contribution in [0.3, 0.4) is 0 Å². The summed E-state index contributed by atoms with van der Waals surface area (Å²) >= 11 is 0. The molecule has 108 valence electrons. The van der Waals surface area contributed by atoms with Crippen molar-refractivity contribution in [3.05, 3.63) is 29.8 Å². The molecule has 1 amide bonds. The van der Waals surface area contributed by atoms with Crippen molar-refractivity contribution < 1.29 is 9.90 Å². The van der Waals surface area contributed by atoms with Gasteiger partial charge in [0, 0.05) is 24.7 Å². The second-order valence-electron chi connectivity index (χ2n) is 6.12. The van der Waals surface area contributed by atoms with Gasteiger partial charge in [0.15, 0.2) is 0 Å². The molecule has 1 aliphatic carbocycles. The third-order valence-corrected chi connectivity index (χ3v) is 4.84. The SMILES string of the molecule is NC1CCCC2CN(C(=O)Cc3ccccc3O)CC12. The van der Waals surface area contributed by atoms with Crippen molar-refractivity contribution in [3.8, 4) is 5.75 Å². The van der Waals surface area contributed by atoms with Gasteiger partial charge in [-0.2, -0.15) is 0 Å². The molecule has 4 nitrogen and oxygen atoms in total. The molecule has 0 bridgehead atoms. The van der Waals surface area contributed by atoms with E-state index in [1.54, 1.807) is 12.1 Å². The van der Waals surface area contributed by atoms with E-state index in [0.717, 1.165) is 19.5 Å². The summed E-state index contributed by atoms with van der Waals surface area (Å²) in [5.74, 6) is 1.35. The fourth-order valence-corrected chi connectivity index (χ4v) is 3.66. The number of fused-ring (bicyclic) bond motifs is 1. The van der Waals surface area contributed by atoms with Gasteiger partial charge in [0.05, 0.1) is 6.42 Å². The zero-order chi connectivity index (χ0) is 14.1. The molecule has 3 atom stereocenters. The molecule has 0 aromatic heterocycles. The van der Waals surface area contributed by atoms with Crippen molar-refractivity contribution >= 4 is 5.91 Å². The van der Waals surface area contributed by atoms with Crippen LogP contribution in [0.25, 0.3) is 0 Å². The lowest BCUT2D eigenvalue weighted by Crippen LogP contribution is -2.38. The van der Waals surface area contributed by atoms with Gasteiger partial charge in [-0.25, -0.2) is 0 Å². The maximum absolute atomic E-state index is 12.4. The van der Waals surface area contributed by atoms with Crippen LogP contribution in [0.4, 0.5) is 0 Å². The second kappa shape index (κ2) is 5.44. The standard InChI is InChI=1S/C16H22N2O2/c17-14-6-3-5-12-9-18(10-13(12)14)16(20)8-11-4-1-2-7-15(11)19/h1-2,4,7,12-14,19H,3,5-6,8-10,17H2. The van der Waals surface area contributed by atoms with E-state index < -0.39 is 0 Å². The quantitative estimate of drug-likeness (QED) is 0.859. The molecule has 1 aliphatic heterocycles. The molecule has 1 aromatic carbocycles. The fourth-order valence-electron chi connectivity index (χ4n) is 3.66. The largest absolute Gasteiger partial charge is 0.508 e. The van der Waals surface area contributed by atoms with Crippen LogP contribution in [-0.4, -0.2) is 35.0 Å². The summed E-state index contributed by atoms with van der Waals surface area (Å²) in [5, 5.41) is 9.76. The van der Waals surface area contributed by atoms with Crippen molar-refractivity contribution in [2.75, 3.05) is 13.1 Å². The van der Waals surface area contributed by atoms with E-state index in [1.165, 1.54) is 12.8 Å². The van der Waals surface area contributed by atoms with E-state index in [-0.39, 0.29) is 24.1 Å². The van der Waals surface area contributed by atoms with E-state index in [1.807, 2.05) is 17.0 Å². The number of benzene rings is 1. The van der Waals surface area contributed by atoms with Crippen molar-refractivity contribution in [1.29, 1.82) is 0 Å². The van der Waals surface area contributed by atoms with Gasteiger partial charge >= 0.3 is 0 Å². The number of aromatic hydroxyl groups is 1. The minimum absolute atomic E-state index is 0.105. The minimum atomic E-state index is 0.105. The van der Waals surface area contributed by atoms with Gasteiger partial charge in [-0.3, -0.25) is 4.79 Å². The molecule has 3 N–H and O–H groups in total. The first kappa shape index (κ1) is 13.4. The second-order valence-corrected chi connectivity index (χ2v) is 6.12. The van der Waals surface area contributed by atoms with Crippen LogP contribution in [0.5, 0.6) is 5.75 Å². The highest BCUT2D eigenvalue weighted by molar-refractivity contribution is 5.79. The predicted octanol–water partition coefficient (Wildman–Crippen LogP) is 1.52. The topological polar surface area (TPSA) is 66.6 Å². The number of nitrogens with zero attached hydrogens (tertiary/aromatic N) is 1. The number of phenolic OH excluding ortho intramolecular Hbond substituents is 1. The number of nitrogens with two attached hydrogens (primary N) is 1. The Balaban J connectivity index is 1.66. The summed E-state index contributed by atoms with van der Waals surface area (Å²) < 4.78 is 0. The van der Waals surface area contributed by atoms with Gasteiger partial charge in [-0.05, 0) is 30.7 Å². The maximum Gasteiger partial charge on any atom is 0.227 e. The molecular formula is C16H22N2O2. The fraction of sp³-hybridized carbons (Fsp3) is 0.562. The molecule has 2 fully saturated rings. The Kier molecular flexibility index (Phi) is 3.66. The molecule has 1 saturated carbocycles. The number of hydrogen-bond donors (Lipinski definition) is 2. The molecule has 3 unspecified atom stereocenters. The summed E-state index contributed by atoms with van der Waals surface area (Å²) in [4.78, 5) is 14.3. The van der Waals surface area contributed by atoms with Crippen molar-refractivity contribution in [2.45, 2.75) is 31.7 Å². The van der Waals surface area contributed by atoms with Crippen molar-refractivity contribution in [3.63, 3.8) is 0 Å². The number of rotatable bonds is 2. The summed E-state index contributed by atoms with van der Waals surface area (Å²) in [7, 11) is 0. The number of amides is 1. The van der Waals surface area contributed by atoms with E-state index in [9.17, 15) is 9.90 Å². The normalized spacial score (nSPS) is 29.2. The van der Waals surface area contributed by atoms with Gasteiger partial charge < -0.3 is 15.7 Å². The first-order valence-corrected chi connectivity index (χ1v) is 7.45. The van der Waals surface area contributed by atoms with Crippen LogP contribution < -0.4 is 5.73 Å². The smallest absolute Gasteiger partial charge is 0.227 e. The molecule has 4 heteroatoms. The number of likely N-dealkylation sites (tertiary alicyclic amines) is 1. The lowest BCUT2D eigenvalue weighted by molar-refractivity contribution is -0.129. The molecule has 2 aliphatic rings. The van der Waals surface area contributed by atoms with Gasteiger partial charge in [0.2, 0.25) is 5.91 Å². The predicted molar refractivity (Wildman–Crippen MR) is 77.2 cm³/mol. The summed E-state index contributed by atoms with van der Waals surface area (Å²) in [5.41, 5.74) is 6.89. The monoisotopic (exact) mass is 274 g/mol. The number of para-hydroxylation sites is 1. The van der Waals surface area contributed by atoms with Crippen LogP contribution in [0, 0.1) is 11.8 Å². The summed E-state index contributed by atoms with van der Waals surface area (Å²) in [6, 6.07) is 7.30. The Morgan fingerprint density at radius 3 is 2.85 bits per heavy atom. The molecule has 0 radical (unpaired) electrons. The van der Waals surface area contributed by atoms with E-state index >= 15 is 0 Å². The zero-order valence-electron chi connectivity index (χ0n) is 11.7. The number of hydrogen-bond acceptors (Lipinski definition) is 3. The van der Waals surface area contributed by atoms with Gasteiger partial charge in [0.25, 0.3) is 0 Å². The first-order chi connectivity index (χ1) is 9.65. The first-order valence-electron chi connectivity index (χ1n) is 7.45. The highest BCUT2D eigenvalue weighted by Crippen LogP contribution is 2.35. The van der Waals surface area contributed by atoms with E-state index in [4.69, 9.17) is 5.73 Å². The van der Waals surface area contributed by atoms with Crippen LogP contribution in [0.15, 0.2) is 24.3 Å². The lowest BCUT2D eigenvalue weighted by Gasteiger charge is -2.29. The van der Waals surface area contributed by atoms with Crippen molar-refractivity contribution in [1.82, 2.24) is 4.90 Å². The molecule has 1 saturated heterocycles. The highest BCUT2D eigenvalue weighted by atomic mass is 16.3. The average Bonchev–Trinajstić information content (AvgIpc) is 2.87. The van der Waals surface area contributed by atoms with Gasteiger partial charge in [-0.1, -0.05) is 24.6 Å². The van der Waals surface area contributed by atoms with Gasteiger partial charge in [-0.15, -0.1) is 0 Å². The molecular weight excluding hydrogens is 252 g/mol. The van der Waals surface area contributed by atoms with Crippen LogP contribution >= 0.6 is 0 Å². The Bertz CT molecular complexity index is 503. The number of phenols is 1. The van der Waals surface area contributed by atoms with Crippen LogP contribution in [0.1, 0.15) is 24.8 Å². The molecule has 1 heterocycles. The summed E-state index contributed by atoms with van der Waals surface area (Å²) in [6.45, 7) is 1.63. The Hall–Kier alpha value is -1.55. The number of carbonyl (C=O) groups is 1. The molecule has 0 spiro atoms. The van der Waals surface area contributed by atoms with E-state index in [0.29, 0.717) is 17.4 Å². The Labute approximate surface area is 119 Å². The maximum atomic E-state index is 12.4. The molecule has 3 rings (SSSR count). The average molecular weight is 274 g/mol. The molecule has 1 aromatic rings. The third-order valence-electron chi connectivity index (χ3n) is 4.84. The van der Waals surface area contributed by atoms with Crippen molar-refractivity contribution in [2.24, 2.45) is 17.6 Å². The third kappa shape index (κ3) is 2.52. The van der Waals surface area contributed by atoms with E-state index in [2.05, 4.69) is 0 Å². The number of carbonyl (C=O) groups excluding carboxylic acids is 1. The van der Waals surface area contributed by atoms with Gasteiger partial charge in [0.1, 0.15) is 5.75 Å². The Morgan fingerprint density at radius 1 is 1.30 bits per heavy atom. The zero-order valence-corrected chi connectivity index (χ0v) is 11.7.